The molecule has 6 nitrogen and oxygen atoms in total. The van der Waals surface area contributed by atoms with Gasteiger partial charge in [-0.05, 0) is 61.5 Å². The molecule has 1 amide bonds. The van der Waals surface area contributed by atoms with Gasteiger partial charge in [0.15, 0.2) is 0 Å². The summed E-state index contributed by atoms with van der Waals surface area (Å²) in [6.45, 7) is 1.42. The Hall–Kier alpha value is -3.46. The third kappa shape index (κ3) is 6.46. The molecule has 190 valence electrons. The lowest BCUT2D eigenvalue weighted by atomic mass is 10.2. The molecule has 4 aromatic rings. The van der Waals surface area contributed by atoms with Crippen LogP contribution in [0.5, 0.6) is 5.75 Å². The Balaban J connectivity index is 1.65. The standard InChI is InChI=1S/C28H25ClN2O4S2/c1-20-12-15-23(16-13-20)37(33,34)31(21-14-17-26(35-2)24(29)18-21)19-28(32)30-25-10-6-7-11-27(25)36-22-8-4-3-5-9-22/h3-18H,19H2,1-2H3,(H,30,32). The Morgan fingerprint density at radius 1 is 0.946 bits per heavy atom. The number of rotatable bonds is 9. The van der Waals surface area contributed by atoms with Crippen LogP contribution >= 0.6 is 23.4 Å². The molecule has 0 aliphatic carbocycles. The molecule has 0 aliphatic rings. The summed E-state index contributed by atoms with van der Waals surface area (Å²) in [5.41, 5.74) is 1.75. The number of benzene rings is 4. The molecule has 0 radical (unpaired) electrons. The highest BCUT2D eigenvalue weighted by molar-refractivity contribution is 7.99. The van der Waals surface area contributed by atoms with E-state index in [1.54, 1.807) is 30.3 Å². The van der Waals surface area contributed by atoms with E-state index in [0.717, 1.165) is 19.7 Å². The Morgan fingerprint density at radius 2 is 1.62 bits per heavy atom. The number of halogens is 1. The molecule has 37 heavy (non-hydrogen) atoms. The van der Waals surface area contributed by atoms with Gasteiger partial charge in [-0.1, -0.05) is 71.4 Å². The van der Waals surface area contributed by atoms with Crippen LogP contribution in [0.4, 0.5) is 11.4 Å². The minimum atomic E-state index is -4.09. The number of hydrogen-bond acceptors (Lipinski definition) is 5. The second-order valence-electron chi connectivity index (χ2n) is 8.10. The summed E-state index contributed by atoms with van der Waals surface area (Å²) in [7, 11) is -2.61. The third-order valence-electron chi connectivity index (χ3n) is 5.45. The summed E-state index contributed by atoms with van der Waals surface area (Å²) in [5.74, 6) is -0.0989. The van der Waals surface area contributed by atoms with Crippen LogP contribution in [0.2, 0.25) is 5.02 Å². The highest BCUT2D eigenvalue weighted by Gasteiger charge is 2.28. The van der Waals surface area contributed by atoms with E-state index in [0.29, 0.717) is 11.4 Å². The lowest BCUT2D eigenvalue weighted by molar-refractivity contribution is -0.114. The van der Waals surface area contributed by atoms with Gasteiger partial charge in [0.05, 0.1) is 28.4 Å². The van der Waals surface area contributed by atoms with Crippen LogP contribution in [0.15, 0.2) is 112 Å². The molecule has 1 N–H and O–H groups in total. The smallest absolute Gasteiger partial charge is 0.264 e. The fraction of sp³-hybridized carbons (Fsp3) is 0.107. The number of amides is 1. The van der Waals surface area contributed by atoms with Crippen LogP contribution in [-0.2, 0) is 14.8 Å². The maximum Gasteiger partial charge on any atom is 0.264 e. The molecular weight excluding hydrogens is 528 g/mol. The first-order chi connectivity index (χ1) is 17.8. The fourth-order valence-electron chi connectivity index (χ4n) is 3.56. The van der Waals surface area contributed by atoms with Gasteiger partial charge < -0.3 is 10.1 Å². The Kier molecular flexibility index (Phi) is 8.43. The lowest BCUT2D eigenvalue weighted by Gasteiger charge is -2.25. The van der Waals surface area contributed by atoms with Crippen molar-refractivity contribution in [1.29, 1.82) is 0 Å². The van der Waals surface area contributed by atoms with Crippen molar-refractivity contribution in [2.75, 3.05) is 23.3 Å². The summed E-state index contributed by atoms with van der Waals surface area (Å²) in [4.78, 5) is 15.2. The maximum atomic E-state index is 13.7. The number of ether oxygens (including phenoxy) is 1. The first-order valence-electron chi connectivity index (χ1n) is 11.3. The summed E-state index contributed by atoms with van der Waals surface area (Å²) < 4.78 is 33.6. The SMILES string of the molecule is COc1ccc(N(CC(=O)Nc2ccccc2Sc2ccccc2)S(=O)(=O)c2ccc(C)cc2)cc1Cl. The average Bonchev–Trinajstić information content (AvgIpc) is 2.89. The van der Waals surface area contributed by atoms with E-state index in [4.69, 9.17) is 16.3 Å². The van der Waals surface area contributed by atoms with Gasteiger partial charge in [-0.2, -0.15) is 0 Å². The monoisotopic (exact) mass is 552 g/mol. The predicted octanol–water partition coefficient (Wildman–Crippen LogP) is 6.64. The summed E-state index contributed by atoms with van der Waals surface area (Å²) in [5, 5.41) is 3.11. The molecule has 0 aliphatic heterocycles. The van der Waals surface area contributed by atoms with Crippen molar-refractivity contribution in [2.24, 2.45) is 0 Å². The zero-order valence-electron chi connectivity index (χ0n) is 20.2. The Morgan fingerprint density at radius 3 is 2.30 bits per heavy atom. The molecule has 9 heteroatoms. The minimum absolute atomic E-state index is 0.0675. The number of carbonyl (C=O) groups is 1. The first kappa shape index (κ1) is 26.6. The Bertz CT molecular complexity index is 1490. The van der Waals surface area contributed by atoms with Gasteiger partial charge in [-0.3, -0.25) is 9.10 Å². The summed E-state index contributed by atoms with van der Waals surface area (Å²) >= 11 is 7.81. The normalized spacial score (nSPS) is 11.1. The molecule has 0 fully saturated rings. The molecule has 0 aromatic heterocycles. The second-order valence-corrected chi connectivity index (χ2v) is 11.5. The highest BCUT2D eigenvalue weighted by atomic mass is 35.5. The van der Waals surface area contributed by atoms with Crippen LogP contribution < -0.4 is 14.4 Å². The number of nitrogens with one attached hydrogen (secondary N) is 1. The van der Waals surface area contributed by atoms with Gasteiger partial charge in [0.1, 0.15) is 12.3 Å². The number of carbonyl (C=O) groups excluding carboxylic acids is 1. The van der Waals surface area contributed by atoms with Crippen molar-refractivity contribution >= 4 is 50.7 Å². The number of methoxy groups -OCH3 is 1. The molecule has 0 saturated heterocycles. The van der Waals surface area contributed by atoms with E-state index in [-0.39, 0.29) is 15.6 Å². The van der Waals surface area contributed by atoms with E-state index >= 15 is 0 Å². The largest absolute Gasteiger partial charge is 0.495 e. The zero-order valence-corrected chi connectivity index (χ0v) is 22.6. The molecule has 0 unspecified atom stereocenters. The molecule has 4 aromatic carbocycles. The summed E-state index contributed by atoms with van der Waals surface area (Å²) in [6.07, 6.45) is 0. The number of hydrogen-bond donors (Lipinski definition) is 1. The van der Waals surface area contributed by atoms with Crippen LogP contribution in [0.3, 0.4) is 0 Å². The zero-order chi connectivity index (χ0) is 26.4. The van der Waals surface area contributed by atoms with Crippen LogP contribution in [0.25, 0.3) is 0 Å². The first-order valence-corrected chi connectivity index (χ1v) is 14.0. The summed E-state index contributed by atoms with van der Waals surface area (Å²) in [6, 6.07) is 28.2. The molecule has 4 rings (SSSR count). The van der Waals surface area contributed by atoms with E-state index in [1.165, 1.54) is 37.1 Å². The van der Waals surface area contributed by atoms with E-state index < -0.39 is 22.5 Å². The van der Waals surface area contributed by atoms with E-state index in [2.05, 4.69) is 5.32 Å². The van der Waals surface area contributed by atoms with Crippen molar-refractivity contribution < 1.29 is 17.9 Å². The topological polar surface area (TPSA) is 75.7 Å². The number of aryl methyl sites for hydroxylation is 1. The predicted molar refractivity (Wildman–Crippen MR) is 149 cm³/mol. The molecule has 0 heterocycles. The van der Waals surface area contributed by atoms with Gasteiger partial charge in [-0.25, -0.2) is 8.42 Å². The Labute approximate surface area is 226 Å². The maximum absolute atomic E-state index is 13.7. The van der Waals surface area contributed by atoms with Crippen molar-refractivity contribution in [2.45, 2.75) is 21.6 Å². The average molecular weight is 553 g/mol. The van der Waals surface area contributed by atoms with Crippen molar-refractivity contribution in [3.05, 3.63) is 108 Å². The quantitative estimate of drug-likeness (QED) is 0.252. The highest BCUT2D eigenvalue weighted by Crippen LogP contribution is 2.34. The number of para-hydroxylation sites is 1. The molecule has 0 bridgehead atoms. The van der Waals surface area contributed by atoms with Crippen molar-refractivity contribution in [3.63, 3.8) is 0 Å². The number of anilines is 2. The molecule has 0 atom stereocenters. The van der Waals surface area contributed by atoms with E-state index in [1.807, 2.05) is 55.5 Å². The number of sulfonamides is 1. The minimum Gasteiger partial charge on any atom is -0.495 e. The molecular formula is C28H25ClN2O4S2. The fourth-order valence-corrected chi connectivity index (χ4v) is 6.15. The van der Waals surface area contributed by atoms with Gasteiger partial charge in [-0.15, -0.1) is 0 Å². The van der Waals surface area contributed by atoms with Crippen molar-refractivity contribution in [1.82, 2.24) is 0 Å². The van der Waals surface area contributed by atoms with Gasteiger partial charge in [0, 0.05) is 9.79 Å². The lowest BCUT2D eigenvalue weighted by Crippen LogP contribution is -2.38. The van der Waals surface area contributed by atoms with Gasteiger partial charge in [0.25, 0.3) is 10.0 Å². The number of nitrogens with zero attached hydrogens (tertiary/aromatic N) is 1. The molecule has 0 saturated carbocycles. The van der Waals surface area contributed by atoms with Crippen LogP contribution in [0, 0.1) is 6.92 Å². The van der Waals surface area contributed by atoms with Gasteiger partial charge >= 0.3 is 0 Å². The third-order valence-corrected chi connectivity index (χ3v) is 8.62. The van der Waals surface area contributed by atoms with E-state index in [9.17, 15) is 13.2 Å². The van der Waals surface area contributed by atoms with Crippen LogP contribution in [0.1, 0.15) is 5.56 Å². The molecule has 0 spiro atoms. The van der Waals surface area contributed by atoms with Crippen molar-refractivity contribution in [3.8, 4) is 5.75 Å². The van der Waals surface area contributed by atoms with Gasteiger partial charge in [0.2, 0.25) is 5.91 Å². The van der Waals surface area contributed by atoms with Crippen LogP contribution in [-0.4, -0.2) is 28.0 Å². The second kappa shape index (κ2) is 11.7.